The SMILES string of the molecule is Cn1nnnc1SCCCCNC(P(=O)([O-])[O-])P(=O)([O-])[O-].[Na+].[Na+].[Na+].[Na+]. The Morgan fingerprint density at radius 2 is 1.60 bits per heavy atom. The molecule has 0 bridgehead atoms. The maximum atomic E-state index is 10.7. The van der Waals surface area contributed by atoms with E-state index in [0.29, 0.717) is 23.8 Å². The number of aryl methyl sites for hydroxylation is 1. The maximum absolute atomic E-state index is 10.7. The van der Waals surface area contributed by atoms with E-state index in [1.807, 2.05) is 5.32 Å². The summed E-state index contributed by atoms with van der Waals surface area (Å²) in [5.41, 5.74) is -2.60. The average molecular weight is 449 g/mol. The molecule has 0 spiro atoms. The van der Waals surface area contributed by atoms with E-state index in [9.17, 15) is 28.7 Å². The van der Waals surface area contributed by atoms with Gasteiger partial charge in [-0.15, -0.1) is 5.10 Å². The van der Waals surface area contributed by atoms with E-state index in [2.05, 4.69) is 15.5 Å². The topological polar surface area (TPSA) is 182 Å². The third-order valence-corrected chi connectivity index (χ3v) is 6.67. The molecular weight excluding hydrogens is 436 g/mol. The van der Waals surface area contributed by atoms with Crippen LogP contribution in [0.25, 0.3) is 0 Å². The molecule has 1 rings (SSSR count). The van der Waals surface area contributed by atoms with Crippen LogP contribution >= 0.6 is 27.0 Å². The van der Waals surface area contributed by atoms with Gasteiger partial charge in [0.15, 0.2) is 0 Å². The van der Waals surface area contributed by atoms with Gasteiger partial charge in [0.25, 0.3) is 0 Å². The number of aromatic nitrogens is 4. The molecule has 0 amide bonds. The van der Waals surface area contributed by atoms with Crippen molar-refractivity contribution in [2.75, 3.05) is 12.3 Å². The smallest absolute Gasteiger partial charge is 0.809 e. The first kappa shape index (κ1) is 36.1. The van der Waals surface area contributed by atoms with E-state index in [0.717, 1.165) is 0 Å². The minimum atomic E-state index is -5.53. The molecule has 25 heavy (non-hydrogen) atoms. The zero-order valence-electron chi connectivity index (χ0n) is 14.9. The Morgan fingerprint density at radius 3 is 2.00 bits per heavy atom. The molecule has 1 heterocycles. The Kier molecular flexibility index (Phi) is 25.1. The second-order valence-corrected chi connectivity index (χ2v) is 8.71. The Labute approximate surface area is 238 Å². The number of thioether (sulfide) groups is 1. The summed E-state index contributed by atoms with van der Waals surface area (Å²) >= 11 is 1.37. The zero-order chi connectivity index (χ0) is 16.1. The molecule has 1 N–H and O–H groups in total. The van der Waals surface area contributed by atoms with Gasteiger partial charge in [-0.3, -0.25) is 0 Å². The zero-order valence-corrected chi connectivity index (χ0v) is 25.6. The van der Waals surface area contributed by atoms with Crippen LogP contribution in [-0.2, 0) is 16.2 Å². The van der Waals surface area contributed by atoms with Crippen molar-refractivity contribution in [2.24, 2.45) is 7.05 Å². The van der Waals surface area contributed by atoms with Crippen LogP contribution in [0.15, 0.2) is 5.16 Å². The van der Waals surface area contributed by atoms with Crippen molar-refractivity contribution >= 4 is 27.0 Å². The molecule has 1 aromatic heterocycles. The fraction of sp³-hybridized carbons (Fsp3) is 0.857. The molecule has 18 heteroatoms. The van der Waals surface area contributed by atoms with Crippen LogP contribution in [0.1, 0.15) is 12.8 Å². The molecule has 0 fully saturated rings. The third kappa shape index (κ3) is 15.2. The predicted molar refractivity (Wildman–Crippen MR) is 65.8 cm³/mol. The third-order valence-electron chi connectivity index (χ3n) is 2.31. The summed E-state index contributed by atoms with van der Waals surface area (Å²) in [5, 5.41) is 13.4. The van der Waals surface area contributed by atoms with Crippen molar-refractivity contribution in [1.29, 1.82) is 0 Å². The first-order chi connectivity index (χ1) is 9.62. The largest absolute Gasteiger partial charge is 1.00 e. The van der Waals surface area contributed by atoms with Crippen LogP contribution in [0.3, 0.4) is 0 Å². The molecule has 0 aliphatic carbocycles. The molecule has 0 saturated carbocycles. The standard InChI is InChI=1S/C7H17N5O6P2S.4Na/c1-12-6(9-10-11-12)21-5-3-2-4-8-7(19(13,14)15)20(16,17)18;;;;/h7-8H,2-5H2,1H3,(H2,13,14,15)(H2,16,17,18);;;;/q;4*+1/p-4. The second kappa shape index (κ2) is 17.4. The van der Waals surface area contributed by atoms with Crippen LogP contribution in [0.5, 0.6) is 0 Å². The Bertz CT molecular complexity index is 537. The molecule has 0 aromatic carbocycles. The summed E-state index contributed by atoms with van der Waals surface area (Å²) in [6, 6.07) is 0. The van der Waals surface area contributed by atoms with Crippen LogP contribution in [0.2, 0.25) is 0 Å². The van der Waals surface area contributed by atoms with Crippen molar-refractivity contribution in [3.05, 3.63) is 0 Å². The fourth-order valence-electron chi connectivity index (χ4n) is 1.36. The van der Waals surface area contributed by atoms with Gasteiger partial charge >= 0.3 is 118 Å². The quantitative estimate of drug-likeness (QED) is 0.164. The molecule has 0 aliphatic rings. The molecule has 1 aromatic rings. The molecule has 11 nitrogen and oxygen atoms in total. The summed E-state index contributed by atoms with van der Waals surface area (Å²) in [7, 11) is -9.39. The number of nitrogens with zero attached hydrogens (tertiary/aromatic N) is 4. The van der Waals surface area contributed by atoms with Crippen molar-refractivity contribution < 1.29 is 147 Å². The van der Waals surface area contributed by atoms with E-state index in [4.69, 9.17) is 0 Å². The molecule has 0 aliphatic heterocycles. The molecule has 0 saturated heterocycles. The van der Waals surface area contributed by atoms with Gasteiger partial charge in [0.2, 0.25) is 5.16 Å². The first-order valence-corrected chi connectivity index (χ1v) is 9.95. The maximum Gasteiger partial charge on any atom is 1.00 e. The Hall–Kier alpha value is 3.68. The summed E-state index contributed by atoms with van der Waals surface area (Å²) in [4.78, 5) is 42.8. The summed E-state index contributed by atoms with van der Waals surface area (Å²) in [5.74, 6) is 0.610. The van der Waals surface area contributed by atoms with Crippen molar-refractivity contribution in [1.82, 2.24) is 25.5 Å². The van der Waals surface area contributed by atoms with Crippen molar-refractivity contribution in [2.45, 2.75) is 23.5 Å². The number of hydrogen-bond acceptors (Lipinski definition) is 11. The Balaban J connectivity index is -0.000000551. The van der Waals surface area contributed by atoms with Gasteiger partial charge in [-0.05, 0) is 45.0 Å². The summed E-state index contributed by atoms with van der Waals surface area (Å²) in [6.07, 6.45) is 0.968. The molecular formula is C7H13N5Na4O6P2S. The minimum absolute atomic E-state index is 0. The second-order valence-electron chi connectivity index (χ2n) is 4.05. The fourth-order valence-corrected chi connectivity index (χ4v) is 4.30. The van der Waals surface area contributed by atoms with Crippen LogP contribution < -0.4 is 143 Å². The Morgan fingerprint density at radius 1 is 1.08 bits per heavy atom. The number of rotatable bonds is 9. The molecule has 0 radical (unpaired) electrons. The van der Waals surface area contributed by atoms with Gasteiger partial charge in [0.05, 0.1) is 5.52 Å². The minimum Gasteiger partial charge on any atom is -0.809 e. The van der Waals surface area contributed by atoms with E-state index in [-0.39, 0.29) is 125 Å². The normalized spacial score (nSPS) is 11.0. The van der Waals surface area contributed by atoms with Crippen molar-refractivity contribution in [3.63, 3.8) is 0 Å². The van der Waals surface area contributed by atoms with Gasteiger partial charge in [0, 0.05) is 12.8 Å². The van der Waals surface area contributed by atoms with Crippen molar-refractivity contribution in [3.8, 4) is 0 Å². The summed E-state index contributed by atoms with van der Waals surface area (Å²) < 4.78 is 22.9. The predicted octanol–water partition coefficient (Wildman–Crippen LogP) is -15.2. The monoisotopic (exact) mass is 449 g/mol. The first-order valence-electron chi connectivity index (χ1n) is 5.74. The molecule has 122 valence electrons. The number of nitrogens with one attached hydrogen (secondary N) is 1. The van der Waals surface area contributed by atoms with E-state index in [1.54, 1.807) is 7.05 Å². The number of unbranched alkanes of at least 4 members (excludes halogenated alkanes) is 1. The number of hydrogen-bond donors (Lipinski definition) is 1. The van der Waals surface area contributed by atoms with Gasteiger partial charge in [-0.25, -0.2) is 4.68 Å². The van der Waals surface area contributed by atoms with E-state index >= 15 is 0 Å². The van der Waals surface area contributed by atoms with E-state index in [1.165, 1.54) is 16.4 Å². The van der Waals surface area contributed by atoms with Crippen LogP contribution in [0.4, 0.5) is 0 Å². The average Bonchev–Trinajstić information content (AvgIpc) is 2.70. The van der Waals surface area contributed by atoms with Gasteiger partial charge in [-0.2, -0.15) is 0 Å². The molecule has 0 atom stereocenters. The summed E-state index contributed by atoms with van der Waals surface area (Å²) in [6.45, 7) is -0.0781. The van der Waals surface area contributed by atoms with Crippen LogP contribution in [-0.4, -0.2) is 38.0 Å². The molecule has 0 unspecified atom stereocenters. The van der Waals surface area contributed by atoms with E-state index < -0.39 is 20.7 Å². The van der Waals surface area contributed by atoms with Gasteiger partial charge in [0.1, 0.15) is 0 Å². The van der Waals surface area contributed by atoms with Crippen LogP contribution in [0, 0.1) is 0 Å². The number of tetrazole rings is 1. The van der Waals surface area contributed by atoms with Gasteiger partial charge in [-0.1, -0.05) is 11.8 Å². The van der Waals surface area contributed by atoms with Gasteiger partial charge < -0.3 is 34.0 Å².